The molecule has 0 radical (unpaired) electrons. The molecule has 0 bridgehead atoms. The summed E-state index contributed by atoms with van der Waals surface area (Å²) in [6.07, 6.45) is 4.82. The average molecular weight is 467 g/mol. The fourth-order valence-electron chi connectivity index (χ4n) is 3.61. The maximum absolute atomic E-state index is 14.3. The van der Waals surface area contributed by atoms with E-state index in [-0.39, 0.29) is 17.4 Å². The van der Waals surface area contributed by atoms with Crippen LogP contribution in [-0.2, 0) is 0 Å². The van der Waals surface area contributed by atoms with Crippen molar-refractivity contribution in [3.8, 4) is 0 Å². The van der Waals surface area contributed by atoms with Crippen LogP contribution in [-0.4, -0.2) is 15.9 Å². The second-order valence-electron chi connectivity index (χ2n) is 7.74. The van der Waals surface area contributed by atoms with Crippen molar-refractivity contribution in [3.63, 3.8) is 0 Å². The van der Waals surface area contributed by atoms with Gasteiger partial charge in [0.25, 0.3) is 5.91 Å². The third-order valence-corrected chi connectivity index (χ3v) is 5.29. The van der Waals surface area contributed by atoms with Gasteiger partial charge in [0.1, 0.15) is 11.6 Å². The van der Waals surface area contributed by atoms with Crippen LogP contribution in [0.25, 0.3) is 10.9 Å². The van der Waals surface area contributed by atoms with Crippen molar-refractivity contribution in [2.45, 2.75) is 0 Å². The number of carbonyl (C=O) groups is 1. The summed E-state index contributed by atoms with van der Waals surface area (Å²) in [4.78, 5) is 21.1. The van der Waals surface area contributed by atoms with Crippen LogP contribution in [0.3, 0.4) is 0 Å². The lowest BCUT2D eigenvalue weighted by molar-refractivity contribution is 0.102. The summed E-state index contributed by atoms with van der Waals surface area (Å²) in [5, 5.41) is 9.62. The van der Waals surface area contributed by atoms with Crippen molar-refractivity contribution in [2.24, 2.45) is 0 Å². The van der Waals surface area contributed by atoms with Crippen molar-refractivity contribution in [3.05, 3.63) is 115 Å². The van der Waals surface area contributed by atoms with Crippen LogP contribution in [0.5, 0.6) is 0 Å². The minimum atomic E-state index is -0.452. The molecule has 0 atom stereocenters. The number of hydrogen-bond acceptors (Lipinski definition) is 5. The Labute approximate surface area is 199 Å². The standard InChI is InChI=1S/C27H19F2N5O/c28-18-4-7-24-22(15-18)25(10-13-31-24)33-20-3-1-2-17(14-20)27(35)34-21-5-6-23(29)26(16-21)32-19-8-11-30-12-9-19/h1-16H,(H,30,32)(H,31,33)(H,34,35). The monoisotopic (exact) mass is 467 g/mol. The topological polar surface area (TPSA) is 78.9 Å². The van der Waals surface area contributed by atoms with Crippen molar-refractivity contribution in [1.29, 1.82) is 0 Å². The fraction of sp³-hybridized carbons (Fsp3) is 0. The molecular formula is C27H19F2N5O. The number of hydrogen-bond donors (Lipinski definition) is 3. The van der Waals surface area contributed by atoms with Crippen molar-refractivity contribution in [1.82, 2.24) is 9.97 Å². The molecule has 2 aromatic heterocycles. The van der Waals surface area contributed by atoms with E-state index in [1.54, 1.807) is 67.1 Å². The molecule has 0 aliphatic rings. The van der Waals surface area contributed by atoms with Crippen molar-refractivity contribution in [2.75, 3.05) is 16.0 Å². The Balaban J connectivity index is 1.34. The molecule has 0 saturated carbocycles. The highest BCUT2D eigenvalue weighted by Gasteiger charge is 2.11. The van der Waals surface area contributed by atoms with Gasteiger partial charge in [-0.1, -0.05) is 6.07 Å². The molecule has 5 rings (SSSR count). The summed E-state index contributed by atoms with van der Waals surface area (Å²) in [6, 6.07) is 20.7. The molecule has 0 unspecified atom stereocenters. The third kappa shape index (κ3) is 5.06. The number of nitrogens with zero attached hydrogens (tertiary/aromatic N) is 2. The molecule has 0 fully saturated rings. The van der Waals surface area contributed by atoms with Crippen LogP contribution < -0.4 is 16.0 Å². The fourth-order valence-corrected chi connectivity index (χ4v) is 3.61. The third-order valence-electron chi connectivity index (χ3n) is 5.29. The minimum absolute atomic E-state index is 0.223. The van der Waals surface area contributed by atoms with E-state index < -0.39 is 5.82 Å². The molecule has 0 saturated heterocycles. The van der Waals surface area contributed by atoms with Gasteiger partial charge in [0.2, 0.25) is 0 Å². The van der Waals surface area contributed by atoms with Crippen LogP contribution in [0.1, 0.15) is 10.4 Å². The number of amides is 1. The largest absolute Gasteiger partial charge is 0.355 e. The second-order valence-corrected chi connectivity index (χ2v) is 7.74. The lowest BCUT2D eigenvalue weighted by atomic mass is 10.1. The van der Waals surface area contributed by atoms with Gasteiger partial charge in [-0.25, -0.2) is 8.78 Å². The molecule has 0 spiro atoms. The maximum atomic E-state index is 14.3. The van der Waals surface area contributed by atoms with E-state index in [1.807, 2.05) is 0 Å². The molecule has 172 valence electrons. The van der Waals surface area contributed by atoms with Gasteiger partial charge in [0, 0.05) is 52.3 Å². The first-order chi connectivity index (χ1) is 17.0. The van der Waals surface area contributed by atoms with Gasteiger partial charge in [-0.05, 0) is 72.8 Å². The van der Waals surface area contributed by atoms with Gasteiger partial charge in [0.05, 0.1) is 11.2 Å². The molecule has 6 nitrogen and oxygen atoms in total. The number of pyridine rings is 2. The van der Waals surface area contributed by atoms with Gasteiger partial charge < -0.3 is 16.0 Å². The number of rotatable bonds is 6. The summed E-state index contributed by atoms with van der Waals surface area (Å²) in [7, 11) is 0. The Hall–Kier alpha value is -4.85. The predicted octanol–water partition coefficient (Wildman–Crippen LogP) is 6.65. The summed E-state index contributed by atoms with van der Waals surface area (Å²) >= 11 is 0. The van der Waals surface area contributed by atoms with Gasteiger partial charge in [-0.15, -0.1) is 0 Å². The van der Waals surface area contributed by atoms with Gasteiger partial charge >= 0.3 is 0 Å². The van der Waals surface area contributed by atoms with Crippen LogP contribution in [0.4, 0.5) is 37.2 Å². The van der Waals surface area contributed by atoms with E-state index in [0.29, 0.717) is 39.2 Å². The first kappa shape index (κ1) is 22.0. The number of halogens is 2. The number of nitrogens with one attached hydrogen (secondary N) is 3. The normalized spacial score (nSPS) is 10.7. The molecule has 2 heterocycles. The smallest absolute Gasteiger partial charge is 0.255 e. The molecule has 8 heteroatoms. The number of anilines is 5. The molecule has 0 aliphatic heterocycles. The Kier molecular flexibility index (Phi) is 6.00. The van der Waals surface area contributed by atoms with Crippen molar-refractivity contribution >= 4 is 45.2 Å². The zero-order valence-electron chi connectivity index (χ0n) is 18.3. The highest BCUT2D eigenvalue weighted by Crippen LogP contribution is 2.27. The number of aromatic nitrogens is 2. The Morgan fingerprint density at radius 2 is 1.54 bits per heavy atom. The van der Waals surface area contributed by atoms with Crippen LogP contribution in [0, 0.1) is 11.6 Å². The number of fused-ring (bicyclic) bond motifs is 1. The molecule has 3 N–H and O–H groups in total. The molecule has 5 aromatic rings. The number of benzene rings is 3. The van der Waals surface area contributed by atoms with E-state index in [0.717, 1.165) is 0 Å². The van der Waals surface area contributed by atoms with Gasteiger partial charge in [-0.2, -0.15) is 0 Å². The van der Waals surface area contributed by atoms with Crippen molar-refractivity contribution < 1.29 is 13.6 Å². The van der Waals surface area contributed by atoms with E-state index in [2.05, 4.69) is 25.9 Å². The Bertz CT molecular complexity index is 1530. The first-order valence-electron chi connectivity index (χ1n) is 10.7. The van der Waals surface area contributed by atoms with E-state index >= 15 is 0 Å². The van der Waals surface area contributed by atoms with Crippen LogP contribution in [0.2, 0.25) is 0 Å². The summed E-state index contributed by atoms with van der Waals surface area (Å²) in [6.45, 7) is 0. The lowest BCUT2D eigenvalue weighted by Gasteiger charge is -2.12. The lowest BCUT2D eigenvalue weighted by Crippen LogP contribution is -2.12. The highest BCUT2D eigenvalue weighted by atomic mass is 19.1. The van der Waals surface area contributed by atoms with Crippen LogP contribution in [0.15, 0.2) is 97.5 Å². The molecule has 1 amide bonds. The van der Waals surface area contributed by atoms with Gasteiger partial charge in [-0.3, -0.25) is 14.8 Å². The molecular weight excluding hydrogens is 448 g/mol. The van der Waals surface area contributed by atoms with E-state index in [1.165, 1.54) is 30.3 Å². The zero-order chi connectivity index (χ0) is 24.2. The second kappa shape index (κ2) is 9.56. The zero-order valence-corrected chi connectivity index (χ0v) is 18.3. The molecule has 35 heavy (non-hydrogen) atoms. The quantitative estimate of drug-likeness (QED) is 0.261. The summed E-state index contributed by atoms with van der Waals surface area (Å²) in [5.74, 6) is -1.17. The average Bonchev–Trinajstić information content (AvgIpc) is 2.87. The predicted molar refractivity (Wildman–Crippen MR) is 133 cm³/mol. The SMILES string of the molecule is O=C(Nc1ccc(F)c(Nc2ccncc2)c1)c1cccc(Nc2ccnc3ccc(F)cc23)c1. The summed E-state index contributed by atoms with van der Waals surface area (Å²) < 4.78 is 28.1. The minimum Gasteiger partial charge on any atom is -0.355 e. The maximum Gasteiger partial charge on any atom is 0.255 e. The number of carbonyl (C=O) groups excluding carboxylic acids is 1. The Morgan fingerprint density at radius 3 is 2.40 bits per heavy atom. The van der Waals surface area contributed by atoms with E-state index in [9.17, 15) is 13.6 Å². The Morgan fingerprint density at radius 1 is 0.714 bits per heavy atom. The first-order valence-corrected chi connectivity index (χ1v) is 10.7. The highest BCUT2D eigenvalue weighted by molar-refractivity contribution is 6.05. The van der Waals surface area contributed by atoms with E-state index in [4.69, 9.17) is 0 Å². The molecule has 3 aromatic carbocycles. The molecule has 0 aliphatic carbocycles. The van der Waals surface area contributed by atoms with Gasteiger partial charge in [0.15, 0.2) is 0 Å². The summed E-state index contributed by atoms with van der Waals surface area (Å²) in [5.41, 5.74) is 3.68. The van der Waals surface area contributed by atoms with Crippen LogP contribution >= 0.6 is 0 Å².